The van der Waals surface area contributed by atoms with Crippen molar-refractivity contribution in [3.63, 3.8) is 0 Å². The van der Waals surface area contributed by atoms with Gasteiger partial charge in [0, 0.05) is 13.1 Å². The van der Waals surface area contributed by atoms with E-state index in [9.17, 15) is 4.79 Å². The van der Waals surface area contributed by atoms with Gasteiger partial charge in [-0.15, -0.1) is 10.2 Å². The summed E-state index contributed by atoms with van der Waals surface area (Å²) in [6.07, 6.45) is 1.63. The van der Waals surface area contributed by atoms with Crippen LogP contribution in [0.15, 0.2) is 58.3 Å². The molecule has 1 saturated heterocycles. The maximum atomic E-state index is 12.5. The third kappa shape index (κ3) is 5.18. The minimum absolute atomic E-state index is 0.0768. The number of nitrogens with zero attached hydrogens (tertiary/aromatic N) is 4. The molecule has 1 fully saturated rings. The third-order valence-corrected chi connectivity index (χ3v) is 5.44. The molecule has 3 aromatic rings. The normalized spacial score (nSPS) is 14.1. The van der Waals surface area contributed by atoms with Crippen molar-refractivity contribution in [2.75, 3.05) is 32.1 Å². The molecule has 0 atom stereocenters. The Kier molecular flexibility index (Phi) is 6.48. The summed E-state index contributed by atoms with van der Waals surface area (Å²) in [6.45, 7) is 3.19. The fourth-order valence-electron chi connectivity index (χ4n) is 2.94. The van der Waals surface area contributed by atoms with Crippen molar-refractivity contribution in [3.8, 4) is 5.75 Å². The van der Waals surface area contributed by atoms with E-state index in [2.05, 4.69) is 10.2 Å². The van der Waals surface area contributed by atoms with Crippen molar-refractivity contribution in [1.82, 2.24) is 19.7 Å². The monoisotopic (exact) mass is 414 g/mol. The Labute approximate surface area is 172 Å². The maximum Gasteiger partial charge on any atom is 0.233 e. The number of thioether (sulfide) groups is 1. The van der Waals surface area contributed by atoms with Gasteiger partial charge in [0.1, 0.15) is 18.1 Å². The smallest absolute Gasteiger partial charge is 0.233 e. The minimum Gasteiger partial charge on any atom is -0.486 e. The van der Waals surface area contributed by atoms with E-state index in [-0.39, 0.29) is 12.5 Å². The molecule has 8 nitrogen and oxygen atoms in total. The summed E-state index contributed by atoms with van der Waals surface area (Å²) >= 11 is 1.37. The van der Waals surface area contributed by atoms with Crippen LogP contribution in [0.3, 0.4) is 0 Å². The van der Waals surface area contributed by atoms with Gasteiger partial charge in [0.15, 0.2) is 11.0 Å². The Morgan fingerprint density at radius 3 is 2.69 bits per heavy atom. The van der Waals surface area contributed by atoms with Crippen LogP contribution in [-0.4, -0.2) is 57.6 Å². The maximum absolute atomic E-state index is 12.5. The highest BCUT2D eigenvalue weighted by molar-refractivity contribution is 7.99. The molecule has 0 N–H and O–H groups in total. The number of ether oxygens (including phenoxy) is 2. The molecule has 152 valence electrons. The Bertz CT molecular complexity index is 908. The molecule has 4 rings (SSSR count). The van der Waals surface area contributed by atoms with E-state index in [0.29, 0.717) is 49.6 Å². The van der Waals surface area contributed by atoms with Crippen molar-refractivity contribution >= 4 is 17.7 Å². The van der Waals surface area contributed by atoms with Gasteiger partial charge in [-0.3, -0.25) is 9.36 Å². The topological polar surface area (TPSA) is 82.6 Å². The molecule has 1 aromatic carbocycles. The van der Waals surface area contributed by atoms with Crippen LogP contribution in [0.25, 0.3) is 0 Å². The Morgan fingerprint density at radius 1 is 1.10 bits per heavy atom. The molecule has 0 aliphatic carbocycles. The average molecular weight is 414 g/mol. The number of aromatic nitrogens is 3. The molecule has 0 radical (unpaired) electrons. The highest BCUT2D eigenvalue weighted by atomic mass is 32.2. The van der Waals surface area contributed by atoms with Crippen molar-refractivity contribution in [3.05, 3.63) is 60.3 Å². The second-order valence-electron chi connectivity index (χ2n) is 6.45. The van der Waals surface area contributed by atoms with Crippen LogP contribution >= 0.6 is 11.8 Å². The lowest BCUT2D eigenvalue weighted by molar-refractivity contribution is -0.132. The number of para-hydroxylation sites is 1. The van der Waals surface area contributed by atoms with Gasteiger partial charge < -0.3 is 18.8 Å². The standard InChI is InChI=1S/C20H22N4O4S/c25-19(23-8-11-26-12-9-23)15-29-20-22-21-18(14-28-16-5-2-1-3-6-16)24(20)13-17-7-4-10-27-17/h1-7,10H,8-9,11-15H2. The molecular formula is C20H22N4O4S. The molecule has 1 aliphatic heterocycles. The first-order chi connectivity index (χ1) is 14.3. The predicted molar refractivity (Wildman–Crippen MR) is 107 cm³/mol. The first kappa shape index (κ1) is 19.5. The molecule has 2 aromatic heterocycles. The lowest BCUT2D eigenvalue weighted by Crippen LogP contribution is -2.41. The summed E-state index contributed by atoms with van der Waals surface area (Å²) < 4.78 is 18.6. The third-order valence-electron chi connectivity index (χ3n) is 4.49. The molecule has 0 saturated carbocycles. The van der Waals surface area contributed by atoms with Gasteiger partial charge in [-0.25, -0.2) is 0 Å². The van der Waals surface area contributed by atoms with Crippen LogP contribution in [0, 0.1) is 0 Å². The van der Waals surface area contributed by atoms with Gasteiger partial charge in [0.05, 0.1) is 31.8 Å². The minimum atomic E-state index is 0.0768. The fourth-order valence-corrected chi connectivity index (χ4v) is 3.80. The van der Waals surface area contributed by atoms with Crippen LogP contribution in [0.5, 0.6) is 5.75 Å². The van der Waals surface area contributed by atoms with E-state index in [4.69, 9.17) is 13.9 Å². The largest absolute Gasteiger partial charge is 0.486 e. The summed E-state index contributed by atoms with van der Waals surface area (Å²) in [6, 6.07) is 13.3. The second kappa shape index (κ2) is 9.62. The number of hydrogen-bond acceptors (Lipinski definition) is 7. The molecule has 0 spiro atoms. The summed E-state index contributed by atoms with van der Waals surface area (Å²) in [7, 11) is 0. The first-order valence-corrected chi connectivity index (χ1v) is 10.4. The molecule has 0 unspecified atom stereocenters. The number of morpholine rings is 1. The number of amides is 1. The number of benzene rings is 1. The van der Waals surface area contributed by atoms with Crippen LogP contribution < -0.4 is 4.74 Å². The number of carbonyl (C=O) groups is 1. The van der Waals surface area contributed by atoms with Crippen LogP contribution in [-0.2, 0) is 22.7 Å². The van der Waals surface area contributed by atoms with E-state index in [1.54, 1.807) is 6.26 Å². The Morgan fingerprint density at radius 2 is 1.93 bits per heavy atom. The first-order valence-electron chi connectivity index (χ1n) is 9.40. The zero-order valence-corrected chi connectivity index (χ0v) is 16.7. The van der Waals surface area contributed by atoms with E-state index < -0.39 is 0 Å². The van der Waals surface area contributed by atoms with Crippen molar-refractivity contribution in [2.45, 2.75) is 18.3 Å². The lowest BCUT2D eigenvalue weighted by atomic mass is 10.3. The molecule has 0 bridgehead atoms. The average Bonchev–Trinajstić information content (AvgIpc) is 3.42. The number of hydrogen-bond donors (Lipinski definition) is 0. The van der Waals surface area contributed by atoms with E-state index in [1.807, 2.05) is 51.9 Å². The Hall–Kier alpha value is -2.78. The van der Waals surface area contributed by atoms with Gasteiger partial charge in [-0.2, -0.15) is 0 Å². The van der Waals surface area contributed by atoms with Gasteiger partial charge in [-0.1, -0.05) is 30.0 Å². The van der Waals surface area contributed by atoms with Crippen LogP contribution in [0.4, 0.5) is 0 Å². The zero-order chi connectivity index (χ0) is 19.9. The Balaban J connectivity index is 1.45. The number of carbonyl (C=O) groups excluding carboxylic acids is 1. The van der Waals surface area contributed by atoms with Gasteiger partial charge >= 0.3 is 0 Å². The van der Waals surface area contributed by atoms with Gasteiger partial charge in [0.2, 0.25) is 5.91 Å². The van der Waals surface area contributed by atoms with E-state index in [1.165, 1.54) is 11.8 Å². The van der Waals surface area contributed by atoms with Crippen LogP contribution in [0.1, 0.15) is 11.6 Å². The van der Waals surface area contributed by atoms with Gasteiger partial charge in [-0.05, 0) is 24.3 Å². The summed E-state index contributed by atoms with van der Waals surface area (Å²) in [5, 5.41) is 9.23. The van der Waals surface area contributed by atoms with Crippen molar-refractivity contribution < 1.29 is 18.7 Å². The second-order valence-corrected chi connectivity index (χ2v) is 7.39. The zero-order valence-electron chi connectivity index (χ0n) is 15.9. The van der Waals surface area contributed by atoms with Crippen molar-refractivity contribution in [1.29, 1.82) is 0 Å². The van der Waals surface area contributed by atoms with Gasteiger partial charge in [0.25, 0.3) is 0 Å². The highest BCUT2D eigenvalue weighted by Crippen LogP contribution is 2.21. The molecule has 3 heterocycles. The summed E-state index contributed by atoms with van der Waals surface area (Å²) in [5.74, 6) is 2.60. The SMILES string of the molecule is O=C(CSc1nnc(COc2ccccc2)n1Cc1ccco1)N1CCOCC1. The summed E-state index contributed by atoms with van der Waals surface area (Å²) in [4.78, 5) is 14.3. The fraction of sp³-hybridized carbons (Fsp3) is 0.350. The lowest BCUT2D eigenvalue weighted by Gasteiger charge is -2.26. The quantitative estimate of drug-likeness (QED) is 0.524. The summed E-state index contributed by atoms with van der Waals surface area (Å²) in [5.41, 5.74) is 0. The predicted octanol–water partition coefficient (Wildman–Crippen LogP) is 2.45. The number of rotatable bonds is 8. The van der Waals surface area contributed by atoms with E-state index in [0.717, 1.165) is 11.5 Å². The van der Waals surface area contributed by atoms with Crippen molar-refractivity contribution in [2.24, 2.45) is 0 Å². The molecule has 1 aliphatic rings. The molecular weight excluding hydrogens is 392 g/mol. The number of furan rings is 1. The van der Waals surface area contributed by atoms with E-state index >= 15 is 0 Å². The molecule has 29 heavy (non-hydrogen) atoms. The molecule has 1 amide bonds. The van der Waals surface area contributed by atoms with Crippen LogP contribution in [0.2, 0.25) is 0 Å². The molecule has 9 heteroatoms. The highest BCUT2D eigenvalue weighted by Gasteiger charge is 2.20.